The first kappa shape index (κ1) is 13.6. The van der Waals surface area contributed by atoms with Crippen molar-refractivity contribution in [1.29, 1.82) is 0 Å². The first-order valence-electron chi connectivity index (χ1n) is 7.03. The molecular formula is C14H26N4. The van der Waals surface area contributed by atoms with Gasteiger partial charge in [0.05, 0.1) is 5.69 Å². The molecule has 2 heterocycles. The fourth-order valence-electron chi connectivity index (χ4n) is 3.01. The summed E-state index contributed by atoms with van der Waals surface area (Å²) in [6.45, 7) is 8.92. The van der Waals surface area contributed by atoms with Gasteiger partial charge in [0.15, 0.2) is 0 Å². The summed E-state index contributed by atoms with van der Waals surface area (Å²) in [5, 5.41) is 6.85. The van der Waals surface area contributed by atoms with Gasteiger partial charge in [-0.2, -0.15) is 5.10 Å². The van der Waals surface area contributed by atoms with Gasteiger partial charge in [-0.25, -0.2) is 10.4 Å². The Kier molecular flexibility index (Phi) is 4.07. The van der Waals surface area contributed by atoms with Crippen LogP contribution in [0.15, 0.2) is 6.20 Å². The van der Waals surface area contributed by atoms with Crippen LogP contribution in [-0.2, 0) is 7.05 Å². The van der Waals surface area contributed by atoms with Gasteiger partial charge in [0, 0.05) is 36.9 Å². The van der Waals surface area contributed by atoms with Crippen LogP contribution in [0.1, 0.15) is 57.3 Å². The topological polar surface area (TPSA) is 33.1 Å². The maximum Gasteiger partial charge on any atom is 0.0641 e. The number of nitrogens with one attached hydrogen (secondary N) is 1. The van der Waals surface area contributed by atoms with Crippen LogP contribution >= 0.6 is 0 Å². The molecule has 18 heavy (non-hydrogen) atoms. The molecule has 0 radical (unpaired) electrons. The van der Waals surface area contributed by atoms with Crippen molar-refractivity contribution in [2.24, 2.45) is 7.05 Å². The first-order chi connectivity index (χ1) is 8.49. The molecule has 4 nitrogen and oxygen atoms in total. The van der Waals surface area contributed by atoms with E-state index in [9.17, 15) is 0 Å². The third-order valence-electron chi connectivity index (χ3n) is 4.05. The SMILES string of the molecule is Cc1nn(C)cc1C(C)NN1C(C)CCCC1C. The third kappa shape index (κ3) is 2.75. The van der Waals surface area contributed by atoms with Crippen LogP contribution in [-0.4, -0.2) is 26.9 Å². The maximum atomic E-state index is 4.42. The van der Waals surface area contributed by atoms with Crippen molar-refractivity contribution in [2.45, 2.75) is 65.1 Å². The molecule has 4 heteroatoms. The Hall–Kier alpha value is -0.870. The normalized spacial score (nSPS) is 27.4. The van der Waals surface area contributed by atoms with Crippen LogP contribution < -0.4 is 5.43 Å². The molecule has 0 bridgehead atoms. The molecule has 1 aliphatic heterocycles. The largest absolute Gasteiger partial charge is 0.275 e. The zero-order chi connectivity index (χ0) is 13.3. The van der Waals surface area contributed by atoms with E-state index in [-0.39, 0.29) is 0 Å². The minimum atomic E-state index is 0.321. The van der Waals surface area contributed by atoms with Crippen molar-refractivity contribution in [3.05, 3.63) is 17.5 Å². The van der Waals surface area contributed by atoms with Gasteiger partial charge in [0.2, 0.25) is 0 Å². The van der Waals surface area contributed by atoms with Gasteiger partial charge in [-0.15, -0.1) is 0 Å². The molecule has 1 aromatic heterocycles. The number of piperidine rings is 1. The molecule has 1 aromatic rings. The highest BCUT2D eigenvalue weighted by molar-refractivity contribution is 5.19. The summed E-state index contributed by atoms with van der Waals surface area (Å²) in [7, 11) is 1.98. The molecule has 0 aromatic carbocycles. The Bertz CT molecular complexity index is 388. The van der Waals surface area contributed by atoms with Gasteiger partial charge in [-0.1, -0.05) is 6.42 Å². The van der Waals surface area contributed by atoms with Crippen LogP contribution in [0.4, 0.5) is 0 Å². The fourth-order valence-corrected chi connectivity index (χ4v) is 3.01. The monoisotopic (exact) mass is 250 g/mol. The van der Waals surface area contributed by atoms with E-state index in [4.69, 9.17) is 0 Å². The van der Waals surface area contributed by atoms with E-state index in [1.165, 1.54) is 24.8 Å². The number of nitrogens with zero attached hydrogens (tertiary/aromatic N) is 3. The third-order valence-corrected chi connectivity index (χ3v) is 4.05. The lowest BCUT2D eigenvalue weighted by Crippen LogP contribution is -2.52. The van der Waals surface area contributed by atoms with Gasteiger partial charge in [0.25, 0.3) is 0 Å². The van der Waals surface area contributed by atoms with E-state index in [0.717, 1.165) is 5.69 Å². The molecule has 0 aliphatic carbocycles. The van der Waals surface area contributed by atoms with Gasteiger partial charge in [-0.3, -0.25) is 4.68 Å². The Morgan fingerprint density at radius 1 is 1.33 bits per heavy atom. The van der Waals surface area contributed by atoms with Gasteiger partial charge >= 0.3 is 0 Å². The van der Waals surface area contributed by atoms with Crippen molar-refractivity contribution >= 4 is 0 Å². The van der Waals surface area contributed by atoms with E-state index in [0.29, 0.717) is 18.1 Å². The zero-order valence-corrected chi connectivity index (χ0v) is 12.3. The molecule has 0 saturated carbocycles. The van der Waals surface area contributed by atoms with Crippen molar-refractivity contribution in [1.82, 2.24) is 20.2 Å². The van der Waals surface area contributed by atoms with Gasteiger partial charge in [-0.05, 0) is 40.5 Å². The van der Waals surface area contributed by atoms with E-state index in [1.807, 2.05) is 11.7 Å². The minimum Gasteiger partial charge on any atom is -0.275 e. The number of hydrazine groups is 1. The summed E-state index contributed by atoms with van der Waals surface area (Å²) in [5.74, 6) is 0. The van der Waals surface area contributed by atoms with Crippen LogP contribution in [0, 0.1) is 6.92 Å². The summed E-state index contributed by atoms with van der Waals surface area (Å²) in [4.78, 5) is 0. The van der Waals surface area contributed by atoms with Crippen molar-refractivity contribution in [3.63, 3.8) is 0 Å². The lowest BCUT2D eigenvalue weighted by molar-refractivity contribution is 0.0319. The highest BCUT2D eigenvalue weighted by Gasteiger charge is 2.26. The average molecular weight is 250 g/mol. The zero-order valence-electron chi connectivity index (χ0n) is 12.3. The summed E-state index contributed by atoms with van der Waals surface area (Å²) < 4.78 is 1.89. The molecular weight excluding hydrogens is 224 g/mol. The summed E-state index contributed by atoms with van der Waals surface area (Å²) in [5.41, 5.74) is 6.08. The lowest BCUT2D eigenvalue weighted by Gasteiger charge is -2.40. The molecule has 3 unspecified atom stereocenters. The second kappa shape index (κ2) is 5.41. The maximum absolute atomic E-state index is 4.42. The molecule has 102 valence electrons. The standard InChI is InChI=1S/C14H26N4/c1-10-7-6-8-11(2)18(10)16-13(4)14-9-17(5)15-12(14)3/h9-11,13,16H,6-8H2,1-5H3. The Morgan fingerprint density at radius 2 is 1.94 bits per heavy atom. The summed E-state index contributed by atoms with van der Waals surface area (Å²) in [6, 6.07) is 1.56. The van der Waals surface area contributed by atoms with Gasteiger partial charge in [0.1, 0.15) is 0 Å². The Labute approximate surface area is 110 Å². The molecule has 1 N–H and O–H groups in total. The van der Waals surface area contributed by atoms with E-state index >= 15 is 0 Å². The van der Waals surface area contributed by atoms with E-state index in [1.54, 1.807) is 0 Å². The fraction of sp³-hybridized carbons (Fsp3) is 0.786. The van der Waals surface area contributed by atoms with Crippen molar-refractivity contribution < 1.29 is 0 Å². The average Bonchev–Trinajstić information content (AvgIpc) is 2.63. The molecule has 3 atom stereocenters. The number of aryl methyl sites for hydroxylation is 2. The highest BCUT2D eigenvalue weighted by atomic mass is 15.5. The number of hydrogen-bond acceptors (Lipinski definition) is 3. The van der Waals surface area contributed by atoms with E-state index < -0.39 is 0 Å². The first-order valence-corrected chi connectivity index (χ1v) is 7.03. The molecule has 1 fully saturated rings. The van der Waals surface area contributed by atoms with E-state index in [2.05, 4.69) is 49.4 Å². The summed E-state index contributed by atoms with van der Waals surface area (Å²) in [6.07, 6.45) is 6.04. The van der Waals surface area contributed by atoms with Crippen molar-refractivity contribution in [3.8, 4) is 0 Å². The molecule has 2 rings (SSSR count). The van der Waals surface area contributed by atoms with Crippen LogP contribution in [0.25, 0.3) is 0 Å². The Morgan fingerprint density at radius 3 is 2.44 bits per heavy atom. The van der Waals surface area contributed by atoms with Crippen LogP contribution in [0.5, 0.6) is 0 Å². The summed E-state index contributed by atoms with van der Waals surface area (Å²) >= 11 is 0. The number of rotatable bonds is 3. The lowest BCUT2D eigenvalue weighted by atomic mass is 9.99. The molecule has 0 amide bonds. The number of hydrogen-bond donors (Lipinski definition) is 1. The highest BCUT2D eigenvalue weighted by Crippen LogP contribution is 2.23. The van der Waals surface area contributed by atoms with Crippen molar-refractivity contribution in [2.75, 3.05) is 0 Å². The predicted octanol–water partition coefficient (Wildman–Crippen LogP) is 2.56. The Balaban J connectivity index is 2.06. The predicted molar refractivity (Wildman–Crippen MR) is 74.1 cm³/mol. The second-order valence-electron chi connectivity index (χ2n) is 5.73. The smallest absolute Gasteiger partial charge is 0.0641 e. The van der Waals surface area contributed by atoms with Crippen LogP contribution in [0.3, 0.4) is 0 Å². The minimum absolute atomic E-state index is 0.321. The van der Waals surface area contributed by atoms with Crippen LogP contribution in [0.2, 0.25) is 0 Å². The molecule has 1 aliphatic rings. The quantitative estimate of drug-likeness (QED) is 0.895. The molecule has 0 spiro atoms. The number of aromatic nitrogens is 2. The molecule has 1 saturated heterocycles. The van der Waals surface area contributed by atoms with Gasteiger partial charge < -0.3 is 0 Å². The second-order valence-corrected chi connectivity index (χ2v) is 5.73.